The van der Waals surface area contributed by atoms with Crippen LogP contribution in [0.15, 0.2) is 30.3 Å². The van der Waals surface area contributed by atoms with E-state index in [-0.39, 0.29) is 12.6 Å². The lowest BCUT2D eigenvalue weighted by Crippen LogP contribution is -2.44. The Kier molecular flexibility index (Phi) is 4.04. The third-order valence-electron chi connectivity index (χ3n) is 3.37. The van der Waals surface area contributed by atoms with E-state index in [4.69, 9.17) is 9.84 Å². The van der Waals surface area contributed by atoms with E-state index < -0.39 is 18.1 Å². The second-order valence-corrected chi connectivity index (χ2v) is 4.73. The molecule has 0 saturated carbocycles. The summed E-state index contributed by atoms with van der Waals surface area (Å²) < 4.78 is 5.19. The molecule has 19 heavy (non-hydrogen) atoms. The zero-order chi connectivity index (χ0) is 13.8. The van der Waals surface area contributed by atoms with E-state index in [1.807, 2.05) is 37.3 Å². The minimum Gasteiger partial charge on any atom is -0.480 e. The number of rotatable bonds is 3. The predicted octanol–water partition coefficient (Wildman–Crippen LogP) is 2.26. The van der Waals surface area contributed by atoms with Crippen molar-refractivity contribution in [2.45, 2.75) is 38.5 Å². The van der Waals surface area contributed by atoms with Gasteiger partial charge in [-0.05, 0) is 25.3 Å². The van der Waals surface area contributed by atoms with Gasteiger partial charge in [-0.15, -0.1) is 0 Å². The zero-order valence-corrected chi connectivity index (χ0v) is 10.8. The van der Waals surface area contributed by atoms with Crippen LogP contribution in [0.25, 0.3) is 0 Å². The highest BCUT2D eigenvalue weighted by Crippen LogP contribution is 2.25. The molecule has 5 heteroatoms. The maximum Gasteiger partial charge on any atom is 0.411 e. The van der Waals surface area contributed by atoms with Gasteiger partial charge in [0, 0.05) is 6.04 Å². The molecule has 0 unspecified atom stereocenters. The molecular weight excluding hydrogens is 246 g/mol. The first-order valence-electron chi connectivity index (χ1n) is 6.31. The molecule has 1 amide bonds. The van der Waals surface area contributed by atoms with Crippen LogP contribution in [0.1, 0.15) is 25.3 Å². The lowest BCUT2D eigenvalue weighted by molar-refractivity contribution is -0.142. The third-order valence-corrected chi connectivity index (χ3v) is 3.37. The first-order chi connectivity index (χ1) is 9.09. The Labute approximate surface area is 111 Å². The number of hydrogen-bond acceptors (Lipinski definition) is 3. The number of amides is 1. The molecule has 0 bridgehead atoms. The largest absolute Gasteiger partial charge is 0.480 e. The average Bonchev–Trinajstić information content (AvgIpc) is 2.79. The quantitative estimate of drug-likeness (QED) is 0.908. The molecule has 2 atom stereocenters. The van der Waals surface area contributed by atoms with Crippen molar-refractivity contribution in [2.75, 3.05) is 0 Å². The smallest absolute Gasteiger partial charge is 0.411 e. The van der Waals surface area contributed by atoms with E-state index in [1.54, 1.807) is 0 Å². The van der Waals surface area contributed by atoms with Gasteiger partial charge >= 0.3 is 12.1 Å². The van der Waals surface area contributed by atoms with Crippen molar-refractivity contribution >= 4 is 12.1 Å². The molecule has 1 aromatic rings. The highest BCUT2D eigenvalue weighted by Gasteiger charge is 2.39. The number of likely N-dealkylation sites (tertiary alicyclic amines) is 1. The summed E-state index contributed by atoms with van der Waals surface area (Å²) in [7, 11) is 0. The molecule has 0 radical (unpaired) electrons. The van der Waals surface area contributed by atoms with E-state index in [0.717, 1.165) is 5.56 Å². The summed E-state index contributed by atoms with van der Waals surface area (Å²) in [5.41, 5.74) is 0.884. The number of aliphatic carboxylic acids is 1. The van der Waals surface area contributed by atoms with E-state index in [0.29, 0.717) is 12.8 Å². The Balaban J connectivity index is 1.97. The summed E-state index contributed by atoms with van der Waals surface area (Å²) in [4.78, 5) is 24.4. The van der Waals surface area contributed by atoms with Gasteiger partial charge in [0.1, 0.15) is 12.6 Å². The monoisotopic (exact) mass is 263 g/mol. The van der Waals surface area contributed by atoms with Gasteiger partial charge in [0.2, 0.25) is 0 Å². The van der Waals surface area contributed by atoms with Crippen LogP contribution in [-0.4, -0.2) is 34.2 Å². The second-order valence-electron chi connectivity index (χ2n) is 4.73. The molecule has 1 aliphatic rings. The van der Waals surface area contributed by atoms with Gasteiger partial charge in [-0.2, -0.15) is 0 Å². The predicted molar refractivity (Wildman–Crippen MR) is 68.6 cm³/mol. The van der Waals surface area contributed by atoms with Crippen molar-refractivity contribution in [3.05, 3.63) is 35.9 Å². The highest BCUT2D eigenvalue weighted by molar-refractivity contribution is 5.81. The number of ether oxygens (including phenoxy) is 1. The van der Waals surface area contributed by atoms with E-state index in [2.05, 4.69) is 0 Å². The molecule has 102 valence electrons. The molecule has 1 aromatic carbocycles. The summed E-state index contributed by atoms with van der Waals surface area (Å²) in [6.07, 6.45) is 0.621. The molecule has 2 rings (SSSR count). The minimum atomic E-state index is -0.971. The Hall–Kier alpha value is -2.04. The number of carbonyl (C=O) groups excluding carboxylic acids is 1. The Morgan fingerprint density at radius 2 is 2.00 bits per heavy atom. The fourth-order valence-corrected chi connectivity index (χ4v) is 2.33. The molecule has 0 spiro atoms. The lowest BCUT2D eigenvalue weighted by atomic mass is 10.2. The molecular formula is C14H17NO4. The number of benzene rings is 1. The first-order valence-corrected chi connectivity index (χ1v) is 6.31. The van der Waals surface area contributed by atoms with Crippen molar-refractivity contribution in [3.63, 3.8) is 0 Å². The maximum atomic E-state index is 12.0. The number of hydrogen-bond donors (Lipinski definition) is 1. The average molecular weight is 263 g/mol. The van der Waals surface area contributed by atoms with Crippen molar-refractivity contribution in [3.8, 4) is 0 Å². The van der Waals surface area contributed by atoms with Gasteiger partial charge < -0.3 is 9.84 Å². The van der Waals surface area contributed by atoms with Crippen LogP contribution in [0, 0.1) is 0 Å². The van der Waals surface area contributed by atoms with E-state index in [1.165, 1.54) is 4.90 Å². The second kappa shape index (κ2) is 5.73. The normalized spacial score (nSPS) is 22.3. The Morgan fingerprint density at radius 1 is 1.32 bits per heavy atom. The summed E-state index contributed by atoms with van der Waals surface area (Å²) in [6, 6.07) is 8.46. The number of nitrogens with zero attached hydrogens (tertiary/aromatic N) is 1. The SMILES string of the molecule is C[C@@H]1CC[C@@H](C(=O)O)N1C(=O)OCc1ccccc1. The topological polar surface area (TPSA) is 66.8 Å². The van der Waals surface area contributed by atoms with Crippen LogP contribution in [0.3, 0.4) is 0 Å². The molecule has 5 nitrogen and oxygen atoms in total. The Bertz CT molecular complexity index is 460. The summed E-state index contributed by atoms with van der Waals surface area (Å²) in [6.45, 7) is 2.00. The third kappa shape index (κ3) is 3.05. The molecule has 1 heterocycles. The standard InChI is InChI=1S/C14H17NO4/c1-10-7-8-12(13(16)17)15(10)14(18)19-9-11-5-3-2-4-6-11/h2-6,10,12H,7-9H2,1H3,(H,16,17)/t10-,12+/m1/s1. The van der Waals surface area contributed by atoms with Crippen LogP contribution in [0.5, 0.6) is 0 Å². The van der Waals surface area contributed by atoms with Gasteiger partial charge in [0.25, 0.3) is 0 Å². The number of carbonyl (C=O) groups is 2. The van der Waals surface area contributed by atoms with Crippen LogP contribution in [-0.2, 0) is 16.1 Å². The minimum absolute atomic E-state index is 0.0932. The number of carboxylic acid groups (broad SMARTS) is 1. The summed E-state index contributed by atoms with van der Waals surface area (Å²) >= 11 is 0. The zero-order valence-electron chi connectivity index (χ0n) is 10.8. The van der Waals surface area contributed by atoms with Gasteiger partial charge in [-0.25, -0.2) is 9.59 Å². The molecule has 1 aliphatic heterocycles. The fourth-order valence-electron chi connectivity index (χ4n) is 2.33. The van der Waals surface area contributed by atoms with E-state index in [9.17, 15) is 9.59 Å². The van der Waals surface area contributed by atoms with Crippen LogP contribution >= 0.6 is 0 Å². The maximum absolute atomic E-state index is 12.0. The van der Waals surface area contributed by atoms with Crippen LogP contribution in [0.2, 0.25) is 0 Å². The van der Waals surface area contributed by atoms with E-state index >= 15 is 0 Å². The molecule has 0 aromatic heterocycles. The van der Waals surface area contributed by atoms with Crippen molar-refractivity contribution in [2.24, 2.45) is 0 Å². The van der Waals surface area contributed by atoms with Crippen molar-refractivity contribution in [1.29, 1.82) is 0 Å². The fraction of sp³-hybridized carbons (Fsp3) is 0.429. The summed E-state index contributed by atoms with van der Waals surface area (Å²) in [5, 5.41) is 9.09. The first kappa shape index (κ1) is 13.4. The van der Waals surface area contributed by atoms with Gasteiger partial charge in [0.15, 0.2) is 0 Å². The Morgan fingerprint density at radius 3 is 2.63 bits per heavy atom. The lowest BCUT2D eigenvalue weighted by Gasteiger charge is -2.25. The number of carboxylic acids is 1. The molecule has 0 aliphatic carbocycles. The van der Waals surface area contributed by atoms with Gasteiger partial charge in [-0.3, -0.25) is 4.90 Å². The summed E-state index contributed by atoms with van der Waals surface area (Å²) in [5.74, 6) is -0.971. The van der Waals surface area contributed by atoms with Crippen molar-refractivity contribution < 1.29 is 19.4 Å². The van der Waals surface area contributed by atoms with Crippen LogP contribution < -0.4 is 0 Å². The van der Waals surface area contributed by atoms with Gasteiger partial charge in [-0.1, -0.05) is 30.3 Å². The van der Waals surface area contributed by atoms with Crippen LogP contribution in [0.4, 0.5) is 4.79 Å². The van der Waals surface area contributed by atoms with Crippen molar-refractivity contribution in [1.82, 2.24) is 4.90 Å². The molecule has 1 N–H and O–H groups in total. The molecule has 1 fully saturated rings. The van der Waals surface area contributed by atoms with Gasteiger partial charge in [0.05, 0.1) is 0 Å². The molecule has 1 saturated heterocycles. The highest BCUT2D eigenvalue weighted by atomic mass is 16.6.